The Kier molecular flexibility index (Phi) is 5.75. The van der Waals surface area contributed by atoms with Gasteiger partial charge in [0.25, 0.3) is 0 Å². The molecule has 0 unspecified atom stereocenters. The van der Waals surface area contributed by atoms with Crippen LogP contribution in [0.1, 0.15) is 12.0 Å². The molecule has 1 aromatic rings. The smallest absolute Gasteiger partial charge is 0.124 e. The van der Waals surface area contributed by atoms with Crippen LogP contribution in [0.15, 0.2) is 36.9 Å². The molecule has 16 heavy (non-hydrogen) atoms. The molecular formula is C13H16N2O. The lowest BCUT2D eigenvalue weighted by Gasteiger charge is -2.10. The van der Waals surface area contributed by atoms with Crippen LogP contribution in [0.3, 0.4) is 0 Å². The van der Waals surface area contributed by atoms with Crippen LogP contribution in [0.5, 0.6) is 5.75 Å². The van der Waals surface area contributed by atoms with Crippen molar-refractivity contribution in [2.75, 3.05) is 13.2 Å². The van der Waals surface area contributed by atoms with Gasteiger partial charge in [-0.3, -0.25) is 0 Å². The summed E-state index contributed by atoms with van der Waals surface area (Å²) in [5, 5.41) is 11.6. The summed E-state index contributed by atoms with van der Waals surface area (Å²) < 4.78 is 5.52. The highest BCUT2D eigenvalue weighted by Crippen LogP contribution is 2.17. The van der Waals surface area contributed by atoms with Gasteiger partial charge in [0.15, 0.2) is 0 Å². The van der Waals surface area contributed by atoms with Crippen LogP contribution < -0.4 is 10.1 Å². The molecule has 0 aliphatic rings. The third-order valence-corrected chi connectivity index (χ3v) is 2.06. The van der Waals surface area contributed by atoms with Gasteiger partial charge in [0.1, 0.15) is 12.4 Å². The summed E-state index contributed by atoms with van der Waals surface area (Å²) in [6, 6.07) is 9.96. The zero-order chi connectivity index (χ0) is 11.6. The predicted octanol–water partition coefficient (Wildman–Crippen LogP) is 2.25. The third-order valence-electron chi connectivity index (χ3n) is 2.06. The number of ether oxygens (including phenoxy) is 1. The summed E-state index contributed by atoms with van der Waals surface area (Å²) in [5.41, 5.74) is 1.10. The maximum absolute atomic E-state index is 8.41. The molecular weight excluding hydrogens is 200 g/mol. The van der Waals surface area contributed by atoms with Crippen LogP contribution in [0.4, 0.5) is 0 Å². The van der Waals surface area contributed by atoms with Crippen molar-refractivity contribution in [2.45, 2.75) is 13.0 Å². The molecule has 0 fully saturated rings. The van der Waals surface area contributed by atoms with Crippen LogP contribution in [0.25, 0.3) is 0 Å². The number of nitrogens with zero attached hydrogens (tertiary/aromatic N) is 1. The van der Waals surface area contributed by atoms with E-state index in [0.29, 0.717) is 19.6 Å². The summed E-state index contributed by atoms with van der Waals surface area (Å²) in [6.45, 7) is 5.54. The van der Waals surface area contributed by atoms with Gasteiger partial charge in [-0.2, -0.15) is 5.26 Å². The molecule has 0 atom stereocenters. The van der Waals surface area contributed by atoms with Crippen LogP contribution in [0.2, 0.25) is 0 Å². The Hall–Kier alpha value is -1.79. The number of benzene rings is 1. The molecule has 0 aliphatic heterocycles. The number of rotatable bonds is 7. The lowest BCUT2D eigenvalue weighted by atomic mass is 10.2. The molecule has 0 saturated heterocycles. The summed E-state index contributed by atoms with van der Waals surface area (Å²) in [4.78, 5) is 0. The maximum Gasteiger partial charge on any atom is 0.124 e. The van der Waals surface area contributed by atoms with E-state index in [1.54, 1.807) is 6.08 Å². The minimum absolute atomic E-state index is 0.509. The Morgan fingerprint density at radius 3 is 3.00 bits per heavy atom. The predicted molar refractivity (Wildman–Crippen MR) is 64.1 cm³/mol. The molecule has 1 rings (SSSR count). The van der Waals surface area contributed by atoms with E-state index >= 15 is 0 Å². The van der Waals surface area contributed by atoms with Gasteiger partial charge in [0.2, 0.25) is 0 Å². The molecule has 0 aliphatic carbocycles. The molecule has 0 spiro atoms. The SMILES string of the molecule is C=CCOc1ccccc1CNCCC#N. The summed E-state index contributed by atoms with van der Waals surface area (Å²) in [5.74, 6) is 0.867. The van der Waals surface area contributed by atoms with Crippen molar-refractivity contribution in [3.8, 4) is 11.8 Å². The van der Waals surface area contributed by atoms with Gasteiger partial charge in [-0.1, -0.05) is 30.9 Å². The Balaban J connectivity index is 2.50. The molecule has 0 amide bonds. The molecule has 1 aromatic carbocycles. The summed E-state index contributed by atoms with van der Waals surface area (Å²) >= 11 is 0. The van der Waals surface area contributed by atoms with E-state index in [2.05, 4.69) is 18.0 Å². The molecule has 3 nitrogen and oxygen atoms in total. The second-order valence-electron chi connectivity index (χ2n) is 3.29. The molecule has 0 saturated carbocycles. The van der Waals surface area contributed by atoms with E-state index < -0.39 is 0 Å². The minimum Gasteiger partial charge on any atom is -0.489 e. The molecule has 0 heterocycles. The van der Waals surface area contributed by atoms with Crippen LogP contribution in [-0.2, 0) is 6.54 Å². The van der Waals surface area contributed by atoms with Crippen LogP contribution in [0, 0.1) is 11.3 Å². The second-order valence-corrected chi connectivity index (χ2v) is 3.29. The molecule has 0 bridgehead atoms. The highest BCUT2D eigenvalue weighted by Gasteiger charge is 2.01. The van der Waals surface area contributed by atoms with Gasteiger partial charge in [0.05, 0.1) is 6.07 Å². The van der Waals surface area contributed by atoms with E-state index in [1.807, 2.05) is 24.3 Å². The number of nitrogens with one attached hydrogen (secondary N) is 1. The standard InChI is InChI=1S/C13H16N2O/c1-2-10-16-13-7-4-3-6-12(13)11-15-9-5-8-14/h2-4,6-7,15H,1,5,9-11H2. The first kappa shape index (κ1) is 12.3. The van der Waals surface area contributed by atoms with Crippen molar-refractivity contribution in [2.24, 2.45) is 0 Å². The van der Waals surface area contributed by atoms with Gasteiger partial charge >= 0.3 is 0 Å². The Bertz CT molecular complexity index is 368. The molecule has 3 heteroatoms. The first-order valence-corrected chi connectivity index (χ1v) is 5.27. The van der Waals surface area contributed by atoms with Gasteiger partial charge in [-0.05, 0) is 6.07 Å². The molecule has 0 aromatic heterocycles. The lowest BCUT2D eigenvalue weighted by molar-refractivity contribution is 0.358. The number of hydrogen-bond donors (Lipinski definition) is 1. The Labute approximate surface area is 96.4 Å². The summed E-state index contributed by atoms with van der Waals surface area (Å²) in [6.07, 6.45) is 2.25. The highest BCUT2D eigenvalue weighted by molar-refractivity contribution is 5.33. The second kappa shape index (κ2) is 7.49. The van der Waals surface area contributed by atoms with Crippen molar-refractivity contribution in [3.63, 3.8) is 0 Å². The third kappa shape index (κ3) is 4.16. The zero-order valence-electron chi connectivity index (χ0n) is 9.28. The van der Waals surface area contributed by atoms with Crippen molar-refractivity contribution in [1.29, 1.82) is 5.26 Å². The fraction of sp³-hybridized carbons (Fsp3) is 0.308. The molecule has 84 valence electrons. The average Bonchev–Trinajstić information content (AvgIpc) is 2.33. The topological polar surface area (TPSA) is 45.0 Å². The fourth-order valence-corrected chi connectivity index (χ4v) is 1.31. The van der Waals surface area contributed by atoms with E-state index in [4.69, 9.17) is 10.00 Å². The van der Waals surface area contributed by atoms with Gasteiger partial charge in [0, 0.05) is 25.1 Å². The quantitative estimate of drug-likeness (QED) is 0.561. The molecule has 0 radical (unpaired) electrons. The Morgan fingerprint density at radius 2 is 2.25 bits per heavy atom. The maximum atomic E-state index is 8.41. The largest absolute Gasteiger partial charge is 0.489 e. The van der Waals surface area contributed by atoms with Crippen LogP contribution in [-0.4, -0.2) is 13.2 Å². The van der Waals surface area contributed by atoms with Gasteiger partial charge in [-0.15, -0.1) is 0 Å². The number of hydrogen-bond acceptors (Lipinski definition) is 3. The van der Waals surface area contributed by atoms with Gasteiger partial charge < -0.3 is 10.1 Å². The van der Waals surface area contributed by atoms with E-state index in [1.165, 1.54) is 0 Å². The summed E-state index contributed by atoms with van der Waals surface area (Å²) in [7, 11) is 0. The fourth-order valence-electron chi connectivity index (χ4n) is 1.31. The lowest BCUT2D eigenvalue weighted by Crippen LogP contribution is -2.15. The van der Waals surface area contributed by atoms with E-state index in [0.717, 1.165) is 17.9 Å². The first-order valence-electron chi connectivity index (χ1n) is 5.27. The number of para-hydroxylation sites is 1. The highest BCUT2D eigenvalue weighted by atomic mass is 16.5. The monoisotopic (exact) mass is 216 g/mol. The number of nitriles is 1. The van der Waals surface area contributed by atoms with Crippen molar-refractivity contribution < 1.29 is 4.74 Å². The van der Waals surface area contributed by atoms with E-state index in [9.17, 15) is 0 Å². The minimum atomic E-state index is 0.509. The van der Waals surface area contributed by atoms with Crippen molar-refractivity contribution >= 4 is 0 Å². The van der Waals surface area contributed by atoms with Crippen LogP contribution >= 0.6 is 0 Å². The van der Waals surface area contributed by atoms with Crippen molar-refractivity contribution in [1.82, 2.24) is 5.32 Å². The molecule has 1 N–H and O–H groups in total. The Morgan fingerprint density at radius 1 is 1.44 bits per heavy atom. The zero-order valence-corrected chi connectivity index (χ0v) is 9.28. The normalized spacial score (nSPS) is 9.44. The van der Waals surface area contributed by atoms with Gasteiger partial charge in [-0.25, -0.2) is 0 Å². The van der Waals surface area contributed by atoms with E-state index in [-0.39, 0.29) is 0 Å². The van der Waals surface area contributed by atoms with Crippen molar-refractivity contribution in [3.05, 3.63) is 42.5 Å². The first-order chi connectivity index (χ1) is 7.88. The average molecular weight is 216 g/mol.